The fourth-order valence-electron chi connectivity index (χ4n) is 4.74. The first-order chi connectivity index (χ1) is 18.1. The molecule has 0 spiro atoms. The van der Waals surface area contributed by atoms with Gasteiger partial charge in [-0.25, -0.2) is 0 Å². The van der Waals surface area contributed by atoms with Crippen LogP contribution in [-0.4, -0.2) is 19.6 Å². The van der Waals surface area contributed by atoms with Crippen LogP contribution in [0.1, 0.15) is 25.2 Å². The fraction of sp³-hybridized carbons (Fsp3) is 0.0909. The zero-order valence-electron chi connectivity index (χ0n) is 21.2. The Hall–Kier alpha value is -4.01. The van der Waals surface area contributed by atoms with Crippen molar-refractivity contribution in [2.24, 2.45) is 0 Å². The molecule has 0 saturated heterocycles. The number of benzene rings is 4. The number of rotatable bonds is 6. The van der Waals surface area contributed by atoms with Crippen molar-refractivity contribution in [3.8, 4) is 33.6 Å². The predicted octanol–water partition coefficient (Wildman–Crippen LogP) is 7.32. The monoisotopic (exact) mass is 673 g/mol. The van der Waals surface area contributed by atoms with Crippen LogP contribution in [0.5, 0.6) is 0 Å². The maximum absolute atomic E-state index is 5.15. The molecule has 5 heteroatoms. The molecule has 6 rings (SSSR count). The summed E-state index contributed by atoms with van der Waals surface area (Å²) >= 11 is 0. The molecule has 0 aliphatic rings. The first-order valence-corrected chi connectivity index (χ1v) is 12.4. The molecule has 0 fully saturated rings. The summed E-state index contributed by atoms with van der Waals surface area (Å²) in [7, 11) is 0. The summed E-state index contributed by atoms with van der Waals surface area (Å²) in [5.41, 5.74) is 7.56. The summed E-state index contributed by atoms with van der Waals surface area (Å²) in [6, 6.07) is 43.3. The minimum absolute atomic E-state index is 0. The van der Waals surface area contributed by atoms with E-state index >= 15 is 0 Å². The summed E-state index contributed by atoms with van der Waals surface area (Å²) in [5.74, 6) is 0. The molecule has 2 heterocycles. The first kappa shape index (κ1) is 25.6. The van der Waals surface area contributed by atoms with Crippen molar-refractivity contribution in [3.63, 3.8) is 0 Å². The van der Waals surface area contributed by atoms with Crippen LogP contribution in [0.15, 0.2) is 122 Å². The topological polar surface area (TPSA) is 35.6 Å². The Balaban J connectivity index is 0.00000294. The van der Waals surface area contributed by atoms with E-state index < -0.39 is 5.41 Å². The molecule has 0 saturated carbocycles. The molecular formula is C33H26N4Pt. The van der Waals surface area contributed by atoms with Crippen molar-refractivity contribution in [2.75, 3.05) is 0 Å². The molecule has 0 atom stereocenters. The third kappa shape index (κ3) is 4.80. The second-order valence-electron chi connectivity index (χ2n) is 9.52. The van der Waals surface area contributed by atoms with Crippen LogP contribution in [0.25, 0.3) is 33.6 Å². The minimum Gasteiger partial charge on any atom is -0.265 e. The zero-order valence-corrected chi connectivity index (χ0v) is 23.4. The Bertz CT molecular complexity index is 1500. The van der Waals surface area contributed by atoms with Crippen molar-refractivity contribution in [3.05, 3.63) is 145 Å². The van der Waals surface area contributed by atoms with E-state index in [4.69, 9.17) is 10.2 Å². The van der Waals surface area contributed by atoms with Gasteiger partial charge in [0.2, 0.25) is 0 Å². The molecule has 0 bridgehead atoms. The van der Waals surface area contributed by atoms with Crippen molar-refractivity contribution in [1.82, 2.24) is 19.6 Å². The number of hydrogen-bond donors (Lipinski definition) is 0. The van der Waals surface area contributed by atoms with Crippen LogP contribution in [0, 0.1) is 12.1 Å². The van der Waals surface area contributed by atoms with Gasteiger partial charge in [0.25, 0.3) is 0 Å². The third-order valence-electron chi connectivity index (χ3n) is 6.66. The molecule has 2 aromatic heterocycles. The molecule has 188 valence electrons. The molecule has 0 aliphatic heterocycles. The SMILES string of the molecule is CC(C)(c1nn(-c2[c-]cccc2)cc1-c1ccccc1)c1nn(-c2[c-]cccc2)cc1-c1ccccc1.[Pt+2]. The van der Waals surface area contributed by atoms with Gasteiger partial charge in [-0.2, -0.15) is 58.7 Å². The molecule has 0 aliphatic carbocycles. The van der Waals surface area contributed by atoms with Crippen LogP contribution in [0.2, 0.25) is 0 Å². The molecular weight excluding hydrogens is 647 g/mol. The van der Waals surface area contributed by atoms with Crippen LogP contribution in [-0.2, 0) is 26.5 Å². The number of hydrogen-bond acceptors (Lipinski definition) is 2. The molecule has 0 radical (unpaired) electrons. The van der Waals surface area contributed by atoms with Crippen molar-refractivity contribution in [1.29, 1.82) is 0 Å². The maximum atomic E-state index is 5.15. The van der Waals surface area contributed by atoms with Gasteiger partial charge >= 0.3 is 21.1 Å². The van der Waals surface area contributed by atoms with Crippen molar-refractivity contribution < 1.29 is 21.1 Å². The summed E-state index contributed by atoms with van der Waals surface area (Å²) in [6.07, 6.45) is 4.20. The van der Waals surface area contributed by atoms with E-state index in [9.17, 15) is 0 Å². The van der Waals surface area contributed by atoms with Gasteiger partial charge in [0.1, 0.15) is 0 Å². The Morgan fingerprint density at radius 3 is 1.32 bits per heavy atom. The van der Waals surface area contributed by atoms with E-state index in [1.54, 1.807) is 0 Å². The normalized spacial score (nSPS) is 11.2. The van der Waals surface area contributed by atoms with E-state index in [2.05, 4.69) is 86.9 Å². The van der Waals surface area contributed by atoms with E-state index in [-0.39, 0.29) is 21.1 Å². The fourth-order valence-corrected chi connectivity index (χ4v) is 4.74. The molecule has 6 aromatic rings. The van der Waals surface area contributed by atoms with Gasteiger partial charge in [0.05, 0.1) is 16.8 Å². The maximum Gasteiger partial charge on any atom is 2.00 e. The predicted molar refractivity (Wildman–Crippen MR) is 148 cm³/mol. The van der Waals surface area contributed by atoms with Gasteiger partial charge in [-0.15, -0.1) is 12.1 Å². The first-order valence-electron chi connectivity index (χ1n) is 12.4. The smallest absolute Gasteiger partial charge is 0.265 e. The minimum atomic E-state index is -0.517. The third-order valence-corrected chi connectivity index (χ3v) is 6.66. The molecule has 38 heavy (non-hydrogen) atoms. The van der Waals surface area contributed by atoms with Crippen molar-refractivity contribution in [2.45, 2.75) is 19.3 Å². The standard InChI is InChI=1S/C33H26N4.Pt/c1-33(2,31-29(25-15-7-3-8-16-25)23-36(34-31)27-19-11-5-12-20-27)32-30(26-17-9-4-10-18-26)24-37(35-32)28-21-13-6-14-22-28;/h3-19,21,23-24H,1-2H3;/q-2;+2. The van der Waals surface area contributed by atoms with Gasteiger partial charge in [-0.3, -0.25) is 9.36 Å². The van der Waals surface area contributed by atoms with Gasteiger partial charge in [-0.05, 0) is 36.3 Å². The molecule has 4 aromatic carbocycles. The average molecular weight is 674 g/mol. The quantitative estimate of drug-likeness (QED) is 0.174. The second kappa shape index (κ2) is 10.8. The Kier molecular flexibility index (Phi) is 7.26. The molecule has 0 unspecified atom stereocenters. The van der Waals surface area contributed by atoms with E-state index in [1.165, 1.54) is 0 Å². The van der Waals surface area contributed by atoms with Crippen molar-refractivity contribution >= 4 is 0 Å². The van der Waals surface area contributed by atoms with Crippen LogP contribution < -0.4 is 0 Å². The molecule has 0 N–H and O–H groups in total. The van der Waals surface area contributed by atoms with E-state index in [0.29, 0.717) is 0 Å². The van der Waals surface area contributed by atoms with Gasteiger partial charge in [0, 0.05) is 23.5 Å². The number of nitrogens with zero attached hydrogens (tertiary/aromatic N) is 4. The average Bonchev–Trinajstić information content (AvgIpc) is 3.62. The Morgan fingerprint density at radius 2 is 0.947 bits per heavy atom. The summed E-state index contributed by atoms with van der Waals surface area (Å²) < 4.78 is 3.84. The van der Waals surface area contributed by atoms with Gasteiger partial charge in [0.15, 0.2) is 0 Å². The zero-order chi connectivity index (χ0) is 25.2. The van der Waals surface area contributed by atoms with Gasteiger partial charge < -0.3 is 0 Å². The largest absolute Gasteiger partial charge is 2.00 e. The van der Waals surface area contributed by atoms with E-state index in [0.717, 1.165) is 45.0 Å². The summed E-state index contributed by atoms with van der Waals surface area (Å²) in [5, 5.41) is 10.3. The Labute approximate surface area is 237 Å². The van der Waals surface area contributed by atoms with Gasteiger partial charge in [-0.1, -0.05) is 60.7 Å². The van der Waals surface area contributed by atoms with Crippen LogP contribution in [0.3, 0.4) is 0 Å². The summed E-state index contributed by atoms with van der Waals surface area (Å²) in [6.45, 7) is 4.41. The Morgan fingerprint density at radius 1 is 0.553 bits per heavy atom. The van der Waals surface area contributed by atoms with Crippen LogP contribution in [0.4, 0.5) is 0 Å². The number of aromatic nitrogens is 4. The molecule has 4 nitrogen and oxygen atoms in total. The number of para-hydroxylation sites is 2. The molecule has 0 amide bonds. The van der Waals surface area contributed by atoms with Crippen LogP contribution >= 0.6 is 0 Å². The second-order valence-corrected chi connectivity index (χ2v) is 9.52. The summed E-state index contributed by atoms with van der Waals surface area (Å²) in [4.78, 5) is 0. The van der Waals surface area contributed by atoms with E-state index in [1.807, 2.05) is 70.0 Å².